The van der Waals surface area contributed by atoms with Crippen LogP contribution in [-0.4, -0.2) is 36.4 Å². The summed E-state index contributed by atoms with van der Waals surface area (Å²) in [6, 6.07) is 0. The van der Waals surface area contributed by atoms with Crippen LogP contribution in [0.2, 0.25) is 0 Å². The van der Waals surface area contributed by atoms with Crippen LogP contribution in [0, 0.1) is 5.92 Å². The normalized spacial score (nSPS) is 12.1. The first kappa shape index (κ1) is 15.4. The molecule has 0 rings (SSSR count). The van der Waals surface area contributed by atoms with Crippen molar-refractivity contribution in [2.75, 3.05) is 19.8 Å². The Hall–Kier alpha value is -0.610. The maximum atomic E-state index is 11.2. The molecule has 0 heterocycles. The molecule has 0 aromatic carbocycles. The predicted molar refractivity (Wildman–Crippen MR) is 64.6 cm³/mol. The Morgan fingerprint density at radius 1 is 1.38 bits per heavy atom. The highest BCUT2D eigenvalue weighted by Crippen LogP contribution is 2.14. The van der Waals surface area contributed by atoms with Crippen LogP contribution in [0.25, 0.3) is 0 Å². The molecule has 0 bridgehead atoms. The van der Waals surface area contributed by atoms with Gasteiger partial charge < -0.3 is 9.84 Å². The van der Waals surface area contributed by atoms with E-state index in [1.54, 1.807) is 0 Å². The molecule has 0 unspecified atom stereocenters. The number of carbonyl (C=O) groups is 1. The highest BCUT2D eigenvalue weighted by Gasteiger charge is 2.33. The summed E-state index contributed by atoms with van der Waals surface area (Å²) in [6.07, 6.45) is 1.17. The number of ether oxygens (including phenoxy) is 1. The van der Waals surface area contributed by atoms with Crippen LogP contribution in [0.5, 0.6) is 0 Å². The summed E-state index contributed by atoms with van der Waals surface area (Å²) in [5, 5.41) is 12.2. The summed E-state index contributed by atoms with van der Waals surface area (Å²) in [6.45, 7) is 9.83. The van der Waals surface area contributed by atoms with Crippen molar-refractivity contribution in [3.63, 3.8) is 0 Å². The third kappa shape index (κ3) is 4.94. The maximum Gasteiger partial charge on any atom is 0.323 e. The smallest absolute Gasteiger partial charge is 0.323 e. The van der Waals surface area contributed by atoms with Crippen LogP contribution < -0.4 is 5.32 Å². The molecule has 4 heteroatoms. The number of hydrogen-bond acceptors (Lipinski definition) is 3. The lowest BCUT2D eigenvalue weighted by molar-refractivity contribution is -0.145. The molecule has 2 N–H and O–H groups in total. The van der Waals surface area contributed by atoms with Crippen molar-refractivity contribution < 1.29 is 14.6 Å². The molecule has 0 aromatic heterocycles. The molecule has 0 aliphatic rings. The number of carboxylic acid groups (broad SMARTS) is 1. The molecule has 96 valence electrons. The van der Waals surface area contributed by atoms with Crippen molar-refractivity contribution in [1.82, 2.24) is 5.32 Å². The van der Waals surface area contributed by atoms with Gasteiger partial charge in [-0.15, -0.1) is 0 Å². The predicted octanol–water partition coefficient (Wildman–Crippen LogP) is 1.89. The summed E-state index contributed by atoms with van der Waals surface area (Å²) < 4.78 is 5.40. The minimum absolute atomic E-state index is 0.515. The quantitative estimate of drug-likeness (QED) is 0.595. The van der Waals surface area contributed by atoms with Gasteiger partial charge in [-0.25, -0.2) is 0 Å². The van der Waals surface area contributed by atoms with E-state index in [0.717, 1.165) is 6.61 Å². The molecule has 0 saturated heterocycles. The number of carboxylic acids is 1. The van der Waals surface area contributed by atoms with Crippen molar-refractivity contribution in [2.45, 2.75) is 46.1 Å². The van der Waals surface area contributed by atoms with Gasteiger partial charge in [0.1, 0.15) is 5.54 Å². The van der Waals surface area contributed by atoms with Gasteiger partial charge in [-0.2, -0.15) is 0 Å². The highest BCUT2D eigenvalue weighted by atomic mass is 16.5. The summed E-state index contributed by atoms with van der Waals surface area (Å²) in [7, 11) is 0. The van der Waals surface area contributed by atoms with Crippen LogP contribution in [-0.2, 0) is 9.53 Å². The molecule has 16 heavy (non-hydrogen) atoms. The van der Waals surface area contributed by atoms with Gasteiger partial charge in [-0.3, -0.25) is 10.1 Å². The zero-order valence-electron chi connectivity index (χ0n) is 10.9. The number of nitrogens with one attached hydrogen (secondary N) is 1. The standard InChI is InChI=1S/C12H25NO3/c1-5-12(6-2,11(14)15)13-7-8-16-9-10(3)4/h10,13H,5-9H2,1-4H3,(H,14,15). The number of hydrogen-bond donors (Lipinski definition) is 2. The first-order valence-corrected chi connectivity index (χ1v) is 6.04. The monoisotopic (exact) mass is 231 g/mol. The molecule has 0 fully saturated rings. The van der Waals surface area contributed by atoms with E-state index in [2.05, 4.69) is 19.2 Å². The van der Waals surface area contributed by atoms with Gasteiger partial charge >= 0.3 is 5.97 Å². The van der Waals surface area contributed by atoms with E-state index >= 15 is 0 Å². The second-order valence-electron chi connectivity index (χ2n) is 4.49. The van der Waals surface area contributed by atoms with Gasteiger partial charge in [0.25, 0.3) is 0 Å². The second-order valence-corrected chi connectivity index (χ2v) is 4.49. The van der Waals surface area contributed by atoms with Gasteiger partial charge in [0.15, 0.2) is 0 Å². The molecule has 0 aromatic rings. The number of aliphatic carboxylic acids is 1. The van der Waals surface area contributed by atoms with E-state index in [-0.39, 0.29) is 0 Å². The van der Waals surface area contributed by atoms with E-state index in [0.29, 0.717) is 31.9 Å². The molecule has 0 saturated carbocycles. The average Bonchev–Trinajstić information content (AvgIpc) is 2.23. The van der Waals surface area contributed by atoms with Gasteiger partial charge in [0, 0.05) is 13.2 Å². The molecule has 4 nitrogen and oxygen atoms in total. The van der Waals surface area contributed by atoms with Crippen LogP contribution in [0.3, 0.4) is 0 Å². The fourth-order valence-corrected chi connectivity index (χ4v) is 1.56. The largest absolute Gasteiger partial charge is 0.480 e. The van der Waals surface area contributed by atoms with Gasteiger partial charge in [0.2, 0.25) is 0 Å². The van der Waals surface area contributed by atoms with E-state index in [9.17, 15) is 4.79 Å². The van der Waals surface area contributed by atoms with Crippen LogP contribution in [0.1, 0.15) is 40.5 Å². The molecule has 0 spiro atoms. The fraction of sp³-hybridized carbons (Fsp3) is 0.917. The highest BCUT2D eigenvalue weighted by molar-refractivity contribution is 5.78. The minimum Gasteiger partial charge on any atom is -0.480 e. The lowest BCUT2D eigenvalue weighted by Crippen LogP contribution is -2.52. The Labute approximate surface area is 98.4 Å². The summed E-state index contributed by atoms with van der Waals surface area (Å²) >= 11 is 0. The summed E-state index contributed by atoms with van der Waals surface area (Å²) in [4.78, 5) is 11.2. The lowest BCUT2D eigenvalue weighted by Gasteiger charge is -2.28. The zero-order chi connectivity index (χ0) is 12.6. The molecule has 0 aliphatic carbocycles. The first-order valence-electron chi connectivity index (χ1n) is 6.04. The van der Waals surface area contributed by atoms with E-state index in [1.165, 1.54) is 0 Å². The fourth-order valence-electron chi connectivity index (χ4n) is 1.56. The summed E-state index contributed by atoms with van der Waals surface area (Å²) in [5.41, 5.74) is -0.790. The zero-order valence-corrected chi connectivity index (χ0v) is 10.9. The minimum atomic E-state index is -0.790. The molecule has 0 atom stereocenters. The van der Waals surface area contributed by atoms with Crippen molar-refractivity contribution in [3.05, 3.63) is 0 Å². The van der Waals surface area contributed by atoms with Crippen LogP contribution in [0.4, 0.5) is 0 Å². The van der Waals surface area contributed by atoms with E-state index in [4.69, 9.17) is 9.84 Å². The molecular formula is C12H25NO3. The molecular weight excluding hydrogens is 206 g/mol. The van der Waals surface area contributed by atoms with Crippen molar-refractivity contribution in [1.29, 1.82) is 0 Å². The van der Waals surface area contributed by atoms with Crippen molar-refractivity contribution >= 4 is 5.97 Å². The summed E-state index contributed by atoms with van der Waals surface area (Å²) in [5.74, 6) is -0.261. The van der Waals surface area contributed by atoms with Crippen molar-refractivity contribution in [2.24, 2.45) is 5.92 Å². The Kier molecular flexibility index (Phi) is 7.34. The Morgan fingerprint density at radius 2 is 1.94 bits per heavy atom. The Bertz CT molecular complexity index is 200. The molecule has 0 radical (unpaired) electrons. The maximum absolute atomic E-state index is 11.2. The van der Waals surface area contributed by atoms with Crippen LogP contribution in [0.15, 0.2) is 0 Å². The van der Waals surface area contributed by atoms with Crippen LogP contribution >= 0.6 is 0 Å². The second kappa shape index (κ2) is 7.63. The van der Waals surface area contributed by atoms with E-state index < -0.39 is 11.5 Å². The third-order valence-corrected chi connectivity index (χ3v) is 2.78. The molecule has 0 aliphatic heterocycles. The average molecular weight is 231 g/mol. The van der Waals surface area contributed by atoms with Gasteiger partial charge in [-0.05, 0) is 18.8 Å². The Balaban J connectivity index is 3.90. The van der Waals surface area contributed by atoms with Gasteiger partial charge in [-0.1, -0.05) is 27.7 Å². The lowest BCUT2D eigenvalue weighted by atomic mass is 9.93. The van der Waals surface area contributed by atoms with E-state index in [1.807, 2.05) is 13.8 Å². The Morgan fingerprint density at radius 3 is 2.31 bits per heavy atom. The SMILES string of the molecule is CCC(CC)(NCCOCC(C)C)C(=O)O. The molecule has 0 amide bonds. The third-order valence-electron chi connectivity index (χ3n) is 2.78. The number of rotatable bonds is 9. The first-order chi connectivity index (χ1) is 7.48. The topological polar surface area (TPSA) is 58.6 Å². The van der Waals surface area contributed by atoms with Gasteiger partial charge in [0.05, 0.1) is 6.61 Å². The van der Waals surface area contributed by atoms with Crippen molar-refractivity contribution in [3.8, 4) is 0 Å².